The van der Waals surface area contributed by atoms with E-state index in [4.69, 9.17) is 5.11 Å². The molecular weight excluding hydrogens is 242 g/mol. The smallest absolute Gasteiger partial charge is 0.305 e. The minimum Gasteiger partial charge on any atom is -0.481 e. The Bertz CT molecular complexity index is 459. The highest BCUT2D eigenvalue weighted by atomic mass is 16.4. The summed E-state index contributed by atoms with van der Waals surface area (Å²) in [5.74, 6) is -0.952. The number of benzene rings is 1. The number of carboxylic acid groups (broad SMARTS) is 1. The fourth-order valence-corrected chi connectivity index (χ4v) is 2.57. The zero-order valence-electron chi connectivity index (χ0n) is 11.1. The molecule has 2 N–H and O–H groups in total. The first-order chi connectivity index (χ1) is 9.10. The van der Waals surface area contributed by atoms with Crippen LogP contribution in [0.25, 0.3) is 0 Å². The minimum atomic E-state index is -0.873. The van der Waals surface area contributed by atoms with Gasteiger partial charge in [-0.3, -0.25) is 9.59 Å². The number of rotatable bonds is 5. The predicted molar refractivity (Wildman–Crippen MR) is 71.8 cm³/mol. The number of carbonyl (C=O) groups is 2. The number of fused-ring (bicyclic) bond motifs is 1. The van der Waals surface area contributed by atoms with Gasteiger partial charge in [0, 0.05) is 12.0 Å². The van der Waals surface area contributed by atoms with Crippen LogP contribution < -0.4 is 5.32 Å². The standard InChI is InChI=1S/C15H19NO3/c1-2-13(9-14(17)18)16-15(19)12-7-10-5-3-4-6-11(10)8-12/h3-6,12-13H,2,7-9H2,1H3,(H,16,19)(H,17,18). The Kier molecular flexibility index (Phi) is 4.20. The zero-order chi connectivity index (χ0) is 13.8. The highest BCUT2D eigenvalue weighted by Crippen LogP contribution is 2.26. The van der Waals surface area contributed by atoms with Gasteiger partial charge in [0.2, 0.25) is 5.91 Å². The van der Waals surface area contributed by atoms with Crippen LogP contribution in [0.1, 0.15) is 30.9 Å². The molecule has 2 rings (SSSR count). The van der Waals surface area contributed by atoms with Crippen LogP contribution in [0.3, 0.4) is 0 Å². The number of aliphatic carboxylic acids is 1. The van der Waals surface area contributed by atoms with Crippen molar-refractivity contribution in [3.05, 3.63) is 35.4 Å². The van der Waals surface area contributed by atoms with Gasteiger partial charge in [-0.2, -0.15) is 0 Å². The topological polar surface area (TPSA) is 66.4 Å². The van der Waals surface area contributed by atoms with E-state index in [0.29, 0.717) is 6.42 Å². The van der Waals surface area contributed by atoms with E-state index in [0.717, 1.165) is 12.8 Å². The van der Waals surface area contributed by atoms with Crippen molar-refractivity contribution in [1.82, 2.24) is 5.32 Å². The van der Waals surface area contributed by atoms with Crippen molar-refractivity contribution < 1.29 is 14.7 Å². The lowest BCUT2D eigenvalue weighted by Gasteiger charge is -2.17. The molecule has 0 saturated heterocycles. The molecule has 0 spiro atoms. The molecule has 0 saturated carbocycles. The maximum absolute atomic E-state index is 12.2. The molecule has 1 aromatic rings. The van der Waals surface area contributed by atoms with Gasteiger partial charge in [-0.05, 0) is 30.4 Å². The molecule has 0 fully saturated rings. The van der Waals surface area contributed by atoms with Crippen LogP contribution in [0.5, 0.6) is 0 Å². The van der Waals surface area contributed by atoms with Crippen LogP contribution in [0, 0.1) is 5.92 Å². The quantitative estimate of drug-likeness (QED) is 0.849. The van der Waals surface area contributed by atoms with E-state index in [2.05, 4.69) is 17.4 Å². The van der Waals surface area contributed by atoms with Crippen LogP contribution in [0.15, 0.2) is 24.3 Å². The monoisotopic (exact) mass is 261 g/mol. The fraction of sp³-hybridized carbons (Fsp3) is 0.467. The first kappa shape index (κ1) is 13.6. The molecular formula is C15H19NO3. The maximum Gasteiger partial charge on any atom is 0.305 e. The van der Waals surface area contributed by atoms with Gasteiger partial charge >= 0.3 is 5.97 Å². The number of nitrogens with one attached hydrogen (secondary N) is 1. The summed E-state index contributed by atoms with van der Waals surface area (Å²) in [6, 6.07) is 7.80. The van der Waals surface area contributed by atoms with Gasteiger partial charge in [0.15, 0.2) is 0 Å². The third-order valence-corrected chi connectivity index (χ3v) is 3.68. The predicted octanol–water partition coefficient (Wildman–Crippen LogP) is 1.77. The minimum absolute atomic E-state index is 0.0120. The van der Waals surface area contributed by atoms with Gasteiger partial charge < -0.3 is 10.4 Å². The van der Waals surface area contributed by atoms with Crippen LogP contribution in [-0.4, -0.2) is 23.0 Å². The van der Waals surface area contributed by atoms with E-state index < -0.39 is 5.97 Å². The average Bonchev–Trinajstić information content (AvgIpc) is 2.81. The van der Waals surface area contributed by atoms with E-state index in [-0.39, 0.29) is 24.3 Å². The van der Waals surface area contributed by atoms with Crippen LogP contribution in [0.2, 0.25) is 0 Å². The Hall–Kier alpha value is -1.84. The van der Waals surface area contributed by atoms with Gasteiger partial charge in [0.1, 0.15) is 0 Å². The van der Waals surface area contributed by atoms with Crippen molar-refractivity contribution in [2.75, 3.05) is 0 Å². The Morgan fingerprint density at radius 2 is 1.89 bits per heavy atom. The second-order valence-electron chi connectivity index (χ2n) is 5.09. The van der Waals surface area contributed by atoms with Crippen molar-refractivity contribution in [1.29, 1.82) is 0 Å². The van der Waals surface area contributed by atoms with Crippen LogP contribution in [0.4, 0.5) is 0 Å². The molecule has 1 amide bonds. The van der Waals surface area contributed by atoms with Crippen molar-refractivity contribution in [2.45, 2.75) is 38.6 Å². The second-order valence-corrected chi connectivity index (χ2v) is 5.09. The summed E-state index contributed by atoms with van der Waals surface area (Å²) in [6.07, 6.45) is 2.14. The van der Waals surface area contributed by atoms with E-state index in [1.54, 1.807) is 0 Å². The van der Waals surface area contributed by atoms with E-state index in [1.165, 1.54) is 11.1 Å². The Balaban J connectivity index is 1.93. The molecule has 1 aromatic carbocycles. The van der Waals surface area contributed by atoms with Gasteiger partial charge in [0.05, 0.1) is 6.42 Å². The van der Waals surface area contributed by atoms with E-state index >= 15 is 0 Å². The molecule has 0 radical (unpaired) electrons. The molecule has 1 unspecified atom stereocenters. The molecule has 4 nitrogen and oxygen atoms in total. The average molecular weight is 261 g/mol. The highest BCUT2D eigenvalue weighted by molar-refractivity contribution is 5.81. The van der Waals surface area contributed by atoms with Crippen molar-refractivity contribution >= 4 is 11.9 Å². The molecule has 102 valence electrons. The number of carbonyl (C=O) groups excluding carboxylic acids is 1. The van der Waals surface area contributed by atoms with Crippen LogP contribution in [-0.2, 0) is 22.4 Å². The fourth-order valence-electron chi connectivity index (χ4n) is 2.57. The SMILES string of the molecule is CCC(CC(=O)O)NC(=O)C1Cc2ccccc2C1. The summed E-state index contributed by atoms with van der Waals surface area (Å²) < 4.78 is 0. The van der Waals surface area contributed by atoms with Crippen molar-refractivity contribution in [3.63, 3.8) is 0 Å². The first-order valence-electron chi connectivity index (χ1n) is 6.69. The Morgan fingerprint density at radius 3 is 2.37 bits per heavy atom. The summed E-state index contributed by atoms with van der Waals surface area (Å²) in [7, 11) is 0. The largest absolute Gasteiger partial charge is 0.481 e. The van der Waals surface area contributed by atoms with Crippen LogP contribution >= 0.6 is 0 Å². The highest BCUT2D eigenvalue weighted by Gasteiger charge is 2.28. The van der Waals surface area contributed by atoms with E-state index in [9.17, 15) is 9.59 Å². The maximum atomic E-state index is 12.2. The third-order valence-electron chi connectivity index (χ3n) is 3.68. The van der Waals surface area contributed by atoms with Gasteiger partial charge in [-0.1, -0.05) is 31.2 Å². The van der Waals surface area contributed by atoms with Gasteiger partial charge in [0.25, 0.3) is 0 Å². The van der Waals surface area contributed by atoms with E-state index in [1.807, 2.05) is 19.1 Å². The molecule has 1 aliphatic rings. The molecule has 0 bridgehead atoms. The molecule has 0 aliphatic heterocycles. The number of hydrogen-bond acceptors (Lipinski definition) is 2. The lowest BCUT2D eigenvalue weighted by molar-refractivity contribution is -0.137. The zero-order valence-corrected chi connectivity index (χ0v) is 11.1. The number of carboxylic acids is 1. The molecule has 19 heavy (non-hydrogen) atoms. The first-order valence-corrected chi connectivity index (χ1v) is 6.69. The van der Waals surface area contributed by atoms with Gasteiger partial charge in [-0.15, -0.1) is 0 Å². The molecule has 0 aromatic heterocycles. The summed E-state index contributed by atoms with van der Waals surface area (Å²) in [6.45, 7) is 1.89. The molecule has 0 heterocycles. The Morgan fingerprint density at radius 1 is 1.32 bits per heavy atom. The van der Waals surface area contributed by atoms with Crippen molar-refractivity contribution in [2.24, 2.45) is 5.92 Å². The van der Waals surface area contributed by atoms with Gasteiger partial charge in [-0.25, -0.2) is 0 Å². The summed E-state index contributed by atoms with van der Waals surface area (Å²) in [4.78, 5) is 22.9. The normalized spacial score (nSPS) is 15.8. The third kappa shape index (κ3) is 3.34. The number of hydrogen-bond donors (Lipinski definition) is 2. The Labute approximate surface area is 112 Å². The second kappa shape index (κ2) is 5.87. The summed E-state index contributed by atoms with van der Waals surface area (Å²) >= 11 is 0. The summed E-state index contributed by atoms with van der Waals surface area (Å²) in [5.41, 5.74) is 2.46. The summed E-state index contributed by atoms with van der Waals surface area (Å²) in [5, 5.41) is 11.6. The molecule has 1 atom stereocenters. The molecule has 1 aliphatic carbocycles. The lowest BCUT2D eigenvalue weighted by Crippen LogP contribution is -2.40. The lowest BCUT2D eigenvalue weighted by atomic mass is 10.0. The number of amides is 1. The van der Waals surface area contributed by atoms with Crippen molar-refractivity contribution in [3.8, 4) is 0 Å². The molecule has 4 heteroatoms.